The molecular formula is C18H16FIN2O4. The zero-order valence-electron chi connectivity index (χ0n) is 13.8. The van der Waals surface area contributed by atoms with Crippen LogP contribution in [0.1, 0.15) is 15.9 Å². The highest BCUT2D eigenvalue weighted by Gasteiger charge is 2.10. The number of hydrogen-bond donors (Lipinski definition) is 2. The van der Waals surface area contributed by atoms with Crippen LogP contribution in [0.4, 0.5) is 10.1 Å². The molecule has 0 aliphatic carbocycles. The van der Waals surface area contributed by atoms with E-state index in [-0.39, 0.29) is 24.4 Å². The van der Waals surface area contributed by atoms with Gasteiger partial charge in [-0.2, -0.15) is 0 Å². The van der Waals surface area contributed by atoms with Gasteiger partial charge in [0.15, 0.2) is 0 Å². The molecule has 0 heterocycles. The summed E-state index contributed by atoms with van der Waals surface area (Å²) >= 11 is 1.85. The number of halogens is 2. The second-order valence-electron chi connectivity index (χ2n) is 5.31. The van der Waals surface area contributed by atoms with Crippen molar-refractivity contribution in [3.05, 3.63) is 63.0 Å². The Hall–Kier alpha value is -2.49. The summed E-state index contributed by atoms with van der Waals surface area (Å²) in [6.07, 6.45) is 0.0908. The SMILES string of the molecule is COC(=O)CNC(=O)Cc1ccc(NC(=O)c2ccc(I)c(F)c2)cc1. The molecule has 6 nitrogen and oxygen atoms in total. The van der Waals surface area contributed by atoms with Gasteiger partial charge in [0.05, 0.1) is 13.5 Å². The first-order chi connectivity index (χ1) is 12.4. The number of esters is 1. The van der Waals surface area contributed by atoms with E-state index in [9.17, 15) is 18.8 Å². The number of rotatable bonds is 6. The van der Waals surface area contributed by atoms with Crippen LogP contribution in [0, 0.1) is 9.39 Å². The highest BCUT2D eigenvalue weighted by Crippen LogP contribution is 2.15. The average Bonchev–Trinajstić information content (AvgIpc) is 2.63. The van der Waals surface area contributed by atoms with Crippen LogP contribution < -0.4 is 10.6 Å². The molecule has 0 spiro atoms. The van der Waals surface area contributed by atoms with Gasteiger partial charge >= 0.3 is 5.97 Å². The summed E-state index contributed by atoms with van der Waals surface area (Å²) in [6, 6.07) is 10.9. The van der Waals surface area contributed by atoms with Gasteiger partial charge in [0.2, 0.25) is 5.91 Å². The minimum absolute atomic E-state index is 0.0908. The maximum Gasteiger partial charge on any atom is 0.325 e. The number of nitrogens with one attached hydrogen (secondary N) is 2. The van der Waals surface area contributed by atoms with Gasteiger partial charge in [0.1, 0.15) is 12.4 Å². The first-order valence-electron chi connectivity index (χ1n) is 7.58. The number of ether oxygens (including phenoxy) is 1. The Morgan fingerprint density at radius 2 is 1.81 bits per heavy atom. The van der Waals surface area contributed by atoms with Gasteiger partial charge in [0.25, 0.3) is 5.91 Å². The molecule has 136 valence electrons. The lowest BCUT2D eigenvalue weighted by Crippen LogP contribution is -2.31. The zero-order chi connectivity index (χ0) is 19.1. The van der Waals surface area contributed by atoms with Crippen molar-refractivity contribution in [2.75, 3.05) is 19.0 Å². The van der Waals surface area contributed by atoms with Crippen molar-refractivity contribution in [2.24, 2.45) is 0 Å². The third-order valence-electron chi connectivity index (χ3n) is 3.42. The fourth-order valence-electron chi connectivity index (χ4n) is 2.04. The number of anilines is 1. The van der Waals surface area contributed by atoms with Gasteiger partial charge in [-0.1, -0.05) is 12.1 Å². The van der Waals surface area contributed by atoms with Gasteiger partial charge in [-0.3, -0.25) is 14.4 Å². The molecule has 0 atom stereocenters. The smallest absolute Gasteiger partial charge is 0.325 e. The van der Waals surface area contributed by atoms with Gasteiger partial charge in [-0.15, -0.1) is 0 Å². The number of benzene rings is 2. The lowest BCUT2D eigenvalue weighted by Gasteiger charge is -2.08. The van der Waals surface area contributed by atoms with Crippen molar-refractivity contribution in [1.82, 2.24) is 5.32 Å². The van der Waals surface area contributed by atoms with E-state index in [0.29, 0.717) is 14.8 Å². The van der Waals surface area contributed by atoms with E-state index in [0.717, 1.165) is 0 Å². The van der Waals surface area contributed by atoms with Crippen molar-refractivity contribution in [3.8, 4) is 0 Å². The highest BCUT2D eigenvalue weighted by atomic mass is 127. The van der Waals surface area contributed by atoms with E-state index in [4.69, 9.17) is 0 Å². The van der Waals surface area contributed by atoms with Crippen LogP contribution in [0.15, 0.2) is 42.5 Å². The van der Waals surface area contributed by atoms with Crippen molar-refractivity contribution in [2.45, 2.75) is 6.42 Å². The molecule has 0 saturated heterocycles. The molecule has 2 aromatic carbocycles. The Labute approximate surface area is 163 Å². The van der Waals surface area contributed by atoms with Gasteiger partial charge < -0.3 is 15.4 Å². The summed E-state index contributed by atoms with van der Waals surface area (Å²) in [6.45, 7) is -0.184. The fraction of sp³-hybridized carbons (Fsp3) is 0.167. The number of hydrogen-bond acceptors (Lipinski definition) is 4. The van der Waals surface area contributed by atoms with Gasteiger partial charge in [0, 0.05) is 14.8 Å². The summed E-state index contributed by atoms with van der Waals surface area (Å²) < 4.78 is 18.4. The molecule has 0 radical (unpaired) electrons. The van der Waals surface area contributed by atoms with E-state index in [1.54, 1.807) is 30.3 Å². The van der Waals surface area contributed by atoms with Crippen molar-refractivity contribution >= 4 is 46.1 Å². The Balaban J connectivity index is 1.92. The van der Waals surface area contributed by atoms with Crippen LogP contribution in [-0.4, -0.2) is 31.4 Å². The molecular weight excluding hydrogens is 454 g/mol. The molecule has 0 saturated carbocycles. The molecule has 26 heavy (non-hydrogen) atoms. The van der Waals surface area contributed by atoms with Crippen LogP contribution in [0.2, 0.25) is 0 Å². The van der Waals surface area contributed by atoms with E-state index < -0.39 is 17.7 Å². The molecule has 0 bridgehead atoms. The third-order valence-corrected chi connectivity index (χ3v) is 4.29. The quantitative estimate of drug-likeness (QED) is 0.502. The molecule has 0 fully saturated rings. The Kier molecular flexibility index (Phi) is 7.07. The molecule has 2 N–H and O–H groups in total. The Morgan fingerprint density at radius 3 is 2.42 bits per heavy atom. The van der Waals surface area contributed by atoms with E-state index in [1.165, 1.54) is 19.2 Å². The molecule has 8 heteroatoms. The molecule has 2 aromatic rings. The van der Waals surface area contributed by atoms with Crippen LogP contribution in [0.5, 0.6) is 0 Å². The standard InChI is InChI=1S/C18H16FIN2O4/c1-26-17(24)10-21-16(23)8-11-2-5-13(6-3-11)22-18(25)12-4-7-15(20)14(19)9-12/h2-7,9H,8,10H2,1H3,(H,21,23)(H,22,25). The third kappa shape index (κ3) is 5.80. The molecule has 0 unspecified atom stereocenters. The average molecular weight is 470 g/mol. The van der Waals surface area contributed by atoms with E-state index in [1.807, 2.05) is 22.6 Å². The fourth-order valence-corrected chi connectivity index (χ4v) is 2.37. The lowest BCUT2D eigenvalue weighted by molar-refractivity contribution is -0.141. The van der Waals surface area contributed by atoms with Crippen molar-refractivity contribution < 1.29 is 23.5 Å². The predicted molar refractivity (Wildman–Crippen MR) is 102 cm³/mol. The summed E-state index contributed by atoms with van der Waals surface area (Å²) in [5, 5.41) is 5.10. The van der Waals surface area contributed by atoms with Gasteiger partial charge in [-0.25, -0.2) is 4.39 Å². The Morgan fingerprint density at radius 1 is 1.12 bits per heavy atom. The van der Waals surface area contributed by atoms with Gasteiger partial charge in [-0.05, 0) is 58.5 Å². The first-order valence-corrected chi connectivity index (χ1v) is 8.66. The van der Waals surface area contributed by atoms with Crippen LogP contribution in [0.25, 0.3) is 0 Å². The lowest BCUT2D eigenvalue weighted by atomic mass is 10.1. The molecule has 0 aliphatic heterocycles. The highest BCUT2D eigenvalue weighted by molar-refractivity contribution is 14.1. The minimum Gasteiger partial charge on any atom is -0.468 e. The second kappa shape index (κ2) is 9.27. The maximum atomic E-state index is 13.5. The topological polar surface area (TPSA) is 84.5 Å². The molecule has 0 aromatic heterocycles. The largest absolute Gasteiger partial charge is 0.468 e. The number of methoxy groups -OCH3 is 1. The maximum absolute atomic E-state index is 13.5. The molecule has 2 amide bonds. The molecule has 2 rings (SSSR count). The van der Waals surface area contributed by atoms with Crippen molar-refractivity contribution in [1.29, 1.82) is 0 Å². The van der Waals surface area contributed by atoms with E-state index >= 15 is 0 Å². The monoisotopic (exact) mass is 470 g/mol. The summed E-state index contributed by atoms with van der Waals surface area (Å²) in [5.74, 6) is -1.72. The normalized spacial score (nSPS) is 10.1. The number of amides is 2. The van der Waals surface area contributed by atoms with Crippen LogP contribution in [0.3, 0.4) is 0 Å². The summed E-state index contributed by atoms with van der Waals surface area (Å²) in [5.41, 5.74) is 1.45. The Bertz CT molecular complexity index is 824. The van der Waals surface area contributed by atoms with Crippen LogP contribution >= 0.6 is 22.6 Å². The summed E-state index contributed by atoms with van der Waals surface area (Å²) in [7, 11) is 1.24. The zero-order valence-corrected chi connectivity index (χ0v) is 16.0. The predicted octanol–water partition coefficient (Wildman–Crippen LogP) is 2.51. The summed E-state index contributed by atoms with van der Waals surface area (Å²) in [4.78, 5) is 34.8. The molecule has 0 aliphatic rings. The number of carbonyl (C=O) groups is 3. The number of carbonyl (C=O) groups excluding carboxylic acids is 3. The van der Waals surface area contributed by atoms with Crippen molar-refractivity contribution in [3.63, 3.8) is 0 Å². The first kappa shape index (κ1) is 19.8. The van der Waals surface area contributed by atoms with E-state index in [2.05, 4.69) is 15.4 Å². The van der Waals surface area contributed by atoms with Crippen LogP contribution in [-0.2, 0) is 20.7 Å². The second-order valence-corrected chi connectivity index (χ2v) is 6.47. The minimum atomic E-state index is -0.525.